The number of nitrogens with one attached hydrogen (secondary N) is 1. The van der Waals surface area contributed by atoms with Crippen LogP contribution in [0, 0.1) is 0 Å². The molecule has 0 aromatic heterocycles. The first-order chi connectivity index (χ1) is 9.29. The number of nitrogens with two attached hydrogens (primary N) is 1. The fourth-order valence-electron chi connectivity index (χ4n) is 2.45. The van der Waals surface area contributed by atoms with Crippen LogP contribution in [0.4, 0.5) is 5.69 Å². The van der Waals surface area contributed by atoms with Gasteiger partial charge in [-0.05, 0) is 50.6 Å². The number of nitrogens with zero attached hydrogens (tertiary/aromatic N) is 1. The second-order valence-corrected chi connectivity index (χ2v) is 5.00. The standard InChI is InChI=1S/C15H25N3O/c1-2-19-15-5-4-13(12-14(15)16)6-10-18-9-3-7-17-8-11-18/h4-5,12,17H,2-3,6-11,16H2,1H3. The van der Waals surface area contributed by atoms with Crippen LogP contribution in [-0.4, -0.2) is 44.2 Å². The maximum absolute atomic E-state index is 5.99. The summed E-state index contributed by atoms with van der Waals surface area (Å²) in [5, 5.41) is 3.43. The van der Waals surface area contributed by atoms with Crippen molar-refractivity contribution in [1.29, 1.82) is 0 Å². The smallest absolute Gasteiger partial charge is 0.142 e. The minimum atomic E-state index is 0.657. The number of hydrogen-bond donors (Lipinski definition) is 2. The highest BCUT2D eigenvalue weighted by atomic mass is 16.5. The monoisotopic (exact) mass is 263 g/mol. The van der Waals surface area contributed by atoms with Crippen LogP contribution in [-0.2, 0) is 6.42 Å². The summed E-state index contributed by atoms with van der Waals surface area (Å²) in [4.78, 5) is 2.52. The van der Waals surface area contributed by atoms with Gasteiger partial charge >= 0.3 is 0 Å². The fraction of sp³-hybridized carbons (Fsp3) is 0.600. The minimum Gasteiger partial charge on any atom is -0.492 e. The predicted octanol–water partition coefficient (Wildman–Crippen LogP) is 1.51. The molecule has 0 saturated carbocycles. The molecule has 0 atom stereocenters. The highest BCUT2D eigenvalue weighted by Crippen LogP contribution is 2.22. The third-order valence-corrected chi connectivity index (χ3v) is 3.52. The van der Waals surface area contributed by atoms with Crippen molar-refractivity contribution >= 4 is 5.69 Å². The van der Waals surface area contributed by atoms with Crippen LogP contribution in [0.2, 0.25) is 0 Å². The number of rotatable bonds is 5. The lowest BCUT2D eigenvalue weighted by Gasteiger charge is -2.19. The normalized spacial score (nSPS) is 17.1. The van der Waals surface area contributed by atoms with Crippen molar-refractivity contribution in [1.82, 2.24) is 10.2 Å². The molecular weight excluding hydrogens is 238 g/mol. The Kier molecular flexibility index (Phi) is 5.48. The SMILES string of the molecule is CCOc1ccc(CCN2CCCNCC2)cc1N. The summed E-state index contributed by atoms with van der Waals surface area (Å²) in [5.74, 6) is 0.797. The van der Waals surface area contributed by atoms with Crippen LogP contribution in [0.5, 0.6) is 5.75 Å². The van der Waals surface area contributed by atoms with E-state index in [1.165, 1.54) is 18.5 Å². The first kappa shape index (κ1) is 14.2. The molecule has 0 amide bonds. The number of hydrogen-bond acceptors (Lipinski definition) is 4. The van der Waals surface area contributed by atoms with Crippen LogP contribution in [0.15, 0.2) is 18.2 Å². The molecule has 1 fully saturated rings. The number of nitrogen functional groups attached to an aromatic ring is 1. The summed E-state index contributed by atoms with van der Waals surface area (Å²) in [6.07, 6.45) is 2.29. The average Bonchev–Trinajstić information content (AvgIpc) is 2.68. The maximum Gasteiger partial charge on any atom is 0.142 e. The Bertz CT molecular complexity index is 387. The zero-order chi connectivity index (χ0) is 13.5. The Hall–Kier alpha value is -1.26. The lowest BCUT2D eigenvalue weighted by molar-refractivity contribution is 0.296. The zero-order valence-corrected chi connectivity index (χ0v) is 11.8. The molecule has 1 saturated heterocycles. The molecule has 1 aliphatic heterocycles. The Balaban J connectivity index is 1.86. The summed E-state index contributed by atoms with van der Waals surface area (Å²) in [6.45, 7) is 8.32. The van der Waals surface area contributed by atoms with Crippen molar-refractivity contribution in [3.05, 3.63) is 23.8 Å². The van der Waals surface area contributed by atoms with Gasteiger partial charge in [-0.1, -0.05) is 6.07 Å². The highest BCUT2D eigenvalue weighted by Gasteiger charge is 2.09. The van der Waals surface area contributed by atoms with Crippen molar-refractivity contribution in [2.24, 2.45) is 0 Å². The first-order valence-corrected chi connectivity index (χ1v) is 7.24. The van der Waals surface area contributed by atoms with Crippen LogP contribution in [0.1, 0.15) is 18.9 Å². The molecule has 2 rings (SSSR count). The molecular formula is C15H25N3O. The molecule has 3 N–H and O–H groups in total. The molecule has 19 heavy (non-hydrogen) atoms. The van der Waals surface area contributed by atoms with E-state index in [1.807, 2.05) is 19.1 Å². The molecule has 4 heteroatoms. The second kappa shape index (κ2) is 7.36. The third kappa shape index (κ3) is 4.40. The Morgan fingerprint density at radius 3 is 3.00 bits per heavy atom. The van der Waals surface area contributed by atoms with E-state index in [9.17, 15) is 0 Å². The van der Waals surface area contributed by atoms with Gasteiger partial charge in [0, 0.05) is 19.6 Å². The molecule has 0 spiro atoms. The van der Waals surface area contributed by atoms with Gasteiger partial charge < -0.3 is 20.7 Å². The van der Waals surface area contributed by atoms with Gasteiger partial charge in [0.15, 0.2) is 0 Å². The first-order valence-electron chi connectivity index (χ1n) is 7.24. The van der Waals surface area contributed by atoms with Gasteiger partial charge in [-0.15, -0.1) is 0 Å². The van der Waals surface area contributed by atoms with Gasteiger partial charge in [0.05, 0.1) is 12.3 Å². The lowest BCUT2D eigenvalue weighted by Crippen LogP contribution is -2.30. The van der Waals surface area contributed by atoms with Crippen molar-refractivity contribution in [2.45, 2.75) is 19.8 Å². The average molecular weight is 263 g/mol. The predicted molar refractivity (Wildman–Crippen MR) is 79.7 cm³/mol. The molecule has 1 heterocycles. The number of ether oxygens (including phenoxy) is 1. The van der Waals surface area contributed by atoms with E-state index in [-0.39, 0.29) is 0 Å². The van der Waals surface area contributed by atoms with Gasteiger partial charge in [-0.2, -0.15) is 0 Å². The van der Waals surface area contributed by atoms with Crippen molar-refractivity contribution in [2.75, 3.05) is 45.1 Å². The summed E-state index contributed by atoms with van der Waals surface area (Å²) in [6, 6.07) is 6.15. The van der Waals surface area contributed by atoms with Crippen LogP contribution < -0.4 is 15.8 Å². The zero-order valence-electron chi connectivity index (χ0n) is 11.8. The van der Waals surface area contributed by atoms with E-state index >= 15 is 0 Å². The van der Waals surface area contributed by atoms with Gasteiger partial charge in [-0.3, -0.25) is 0 Å². The molecule has 1 aliphatic rings. The largest absolute Gasteiger partial charge is 0.492 e. The van der Waals surface area contributed by atoms with Crippen LogP contribution in [0.25, 0.3) is 0 Å². The van der Waals surface area contributed by atoms with Gasteiger partial charge in [0.1, 0.15) is 5.75 Å². The van der Waals surface area contributed by atoms with E-state index in [0.717, 1.165) is 44.0 Å². The topological polar surface area (TPSA) is 50.5 Å². The molecule has 0 unspecified atom stereocenters. The Morgan fingerprint density at radius 1 is 1.32 bits per heavy atom. The van der Waals surface area contributed by atoms with Crippen molar-refractivity contribution in [3.8, 4) is 5.75 Å². The van der Waals surface area contributed by atoms with E-state index in [4.69, 9.17) is 10.5 Å². The molecule has 0 radical (unpaired) electrons. The third-order valence-electron chi connectivity index (χ3n) is 3.52. The van der Waals surface area contributed by atoms with Gasteiger partial charge in [-0.25, -0.2) is 0 Å². The highest BCUT2D eigenvalue weighted by molar-refractivity contribution is 5.54. The number of anilines is 1. The second-order valence-electron chi connectivity index (χ2n) is 5.00. The summed E-state index contributed by atoms with van der Waals surface area (Å²) < 4.78 is 5.46. The van der Waals surface area contributed by atoms with Gasteiger partial charge in [0.2, 0.25) is 0 Å². The molecule has 106 valence electrons. The van der Waals surface area contributed by atoms with Crippen LogP contribution >= 0.6 is 0 Å². The van der Waals surface area contributed by atoms with Crippen molar-refractivity contribution < 1.29 is 4.74 Å². The lowest BCUT2D eigenvalue weighted by atomic mass is 10.1. The summed E-state index contributed by atoms with van der Waals surface area (Å²) >= 11 is 0. The molecule has 4 nitrogen and oxygen atoms in total. The van der Waals surface area contributed by atoms with E-state index < -0.39 is 0 Å². The summed E-state index contributed by atoms with van der Waals surface area (Å²) in [7, 11) is 0. The van der Waals surface area contributed by atoms with Gasteiger partial charge in [0.25, 0.3) is 0 Å². The Morgan fingerprint density at radius 2 is 2.21 bits per heavy atom. The number of benzene rings is 1. The summed E-state index contributed by atoms with van der Waals surface area (Å²) in [5.41, 5.74) is 8.03. The van der Waals surface area contributed by atoms with E-state index in [0.29, 0.717) is 6.61 Å². The molecule has 0 bridgehead atoms. The van der Waals surface area contributed by atoms with E-state index in [2.05, 4.69) is 16.3 Å². The maximum atomic E-state index is 5.99. The molecule has 0 aliphatic carbocycles. The molecule has 1 aromatic rings. The fourth-order valence-corrected chi connectivity index (χ4v) is 2.45. The van der Waals surface area contributed by atoms with Crippen molar-refractivity contribution in [3.63, 3.8) is 0 Å². The molecule has 1 aromatic carbocycles. The van der Waals surface area contributed by atoms with E-state index in [1.54, 1.807) is 0 Å². The minimum absolute atomic E-state index is 0.657. The van der Waals surface area contributed by atoms with Crippen LogP contribution in [0.3, 0.4) is 0 Å². The Labute approximate surface area is 115 Å². The quantitative estimate of drug-likeness (QED) is 0.791.